The number of rotatable bonds is 6. The van der Waals surface area contributed by atoms with Crippen LogP contribution >= 0.6 is 0 Å². The van der Waals surface area contributed by atoms with E-state index in [1.165, 1.54) is 0 Å². The van der Waals surface area contributed by atoms with Gasteiger partial charge in [0, 0.05) is 0 Å². The lowest BCUT2D eigenvalue weighted by atomic mass is 9.96. The van der Waals surface area contributed by atoms with E-state index >= 15 is 0 Å². The van der Waals surface area contributed by atoms with Gasteiger partial charge >= 0.3 is 12.3 Å². The lowest BCUT2D eigenvalue weighted by Crippen LogP contribution is -2.21. The van der Waals surface area contributed by atoms with Crippen LogP contribution < -0.4 is 0 Å². The highest BCUT2D eigenvalue weighted by Gasteiger charge is 2.30. The van der Waals surface area contributed by atoms with Gasteiger partial charge in [0.1, 0.15) is 0 Å². The highest BCUT2D eigenvalue weighted by molar-refractivity contribution is 5.70. The van der Waals surface area contributed by atoms with Crippen molar-refractivity contribution in [2.24, 2.45) is 5.92 Å². The molecule has 0 aromatic heterocycles. The number of halogens is 3. The van der Waals surface area contributed by atoms with Gasteiger partial charge in [-0.1, -0.05) is 29.8 Å². The van der Waals surface area contributed by atoms with Crippen molar-refractivity contribution >= 4 is 5.97 Å². The number of alkyl halides is 3. The second-order valence-electron chi connectivity index (χ2n) is 4.31. The van der Waals surface area contributed by atoms with Crippen molar-refractivity contribution < 1.29 is 27.8 Å². The van der Waals surface area contributed by atoms with E-state index in [9.17, 15) is 18.0 Å². The molecule has 0 aliphatic carbocycles. The summed E-state index contributed by atoms with van der Waals surface area (Å²) >= 11 is 0. The Kier molecular flexibility index (Phi) is 5.35. The molecule has 1 atom stereocenters. The Balaban J connectivity index is 2.56. The summed E-state index contributed by atoms with van der Waals surface area (Å²) in [4.78, 5) is 11.0. The quantitative estimate of drug-likeness (QED) is 0.868. The van der Waals surface area contributed by atoms with Gasteiger partial charge in [0.05, 0.1) is 12.5 Å². The summed E-state index contributed by atoms with van der Waals surface area (Å²) in [5.74, 6) is -2.00. The fourth-order valence-corrected chi connectivity index (χ4v) is 1.75. The van der Waals surface area contributed by atoms with Gasteiger partial charge in [0.25, 0.3) is 0 Å². The first-order chi connectivity index (χ1) is 8.78. The Morgan fingerprint density at radius 2 is 2.11 bits per heavy atom. The third-order valence-corrected chi connectivity index (χ3v) is 2.65. The topological polar surface area (TPSA) is 46.5 Å². The van der Waals surface area contributed by atoms with Crippen LogP contribution in [0.4, 0.5) is 13.2 Å². The van der Waals surface area contributed by atoms with Gasteiger partial charge in [-0.05, 0) is 25.3 Å². The minimum Gasteiger partial charge on any atom is -0.481 e. The summed E-state index contributed by atoms with van der Waals surface area (Å²) < 4.78 is 39.1. The molecule has 0 bridgehead atoms. The van der Waals surface area contributed by atoms with Crippen LogP contribution in [0.15, 0.2) is 24.3 Å². The van der Waals surface area contributed by atoms with E-state index in [0.717, 1.165) is 11.1 Å². The number of benzene rings is 1. The van der Waals surface area contributed by atoms with Gasteiger partial charge in [-0.25, -0.2) is 0 Å². The second-order valence-corrected chi connectivity index (χ2v) is 4.31. The molecule has 6 heteroatoms. The second kappa shape index (κ2) is 6.56. The fourth-order valence-electron chi connectivity index (χ4n) is 1.75. The molecule has 0 amide bonds. The predicted octanol–water partition coefficient (Wildman–Crippen LogP) is 3.16. The summed E-state index contributed by atoms with van der Waals surface area (Å²) in [6.07, 6.45) is -4.70. The zero-order valence-corrected chi connectivity index (χ0v) is 10.4. The first kappa shape index (κ1) is 15.5. The molecule has 3 nitrogen and oxygen atoms in total. The Morgan fingerprint density at radius 3 is 2.63 bits per heavy atom. The van der Waals surface area contributed by atoms with E-state index in [-0.39, 0.29) is 12.8 Å². The molecule has 0 saturated heterocycles. The lowest BCUT2D eigenvalue weighted by molar-refractivity contribution is -0.325. The van der Waals surface area contributed by atoms with Gasteiger partial charge in [-0.15, -0.1) is 13.2 Å². The molecule has 106 valence electrons. The normalized spacial score (nSPS) is 13.3. The Labute approximate surface area is 109 Å². The van der Waals surface area contributed by atoms with Crippen LogP contribution in [-0.2, 0) is 16.0 Å². The molecule has 1 N–H and O–H groups in total. The highest BCUT2D eigenvalue weighted by atomic mass is 19.4. The van der Waals surface area contributed by atoms with Crippen molar-refractivity contribution in [1.29, 1.82) is 0 Å². The molecule has 0 saturated carbocycles. The fraction of sp³-hybridized carbons (Fsp3) is 0.462. The molecule has 0 radical (unpaired) electrons. The van der Waals surface area contributed by atoms with E-state index in [1.54, 1.807) is 12.1 Å². The molecule has 0 aliphatic rings. The van der Waals surface area contributed by atoms with Gasteiger partial charge in [-0.3, -0.25) is 9.53 Å². The highest BCUT2D eigenvalue weighted by Crippen LogP contribution is 2.19. The number of carbonyl (C=O) groups is 1. The maximum Gasteiger partial charge on any atom is 0.522 e. The third kappa shape index (κ3) is 6.24. The summed E-state index contributed by atoms with van der Waals surface area (Å²) in [6.45, 7) is 1.22. The van der Waals surface area contributed by atoms with Crippen LogP contribution in [0.25, 0.3) is 0 Å². The van der Waals surface area contributed by atoms with Crippen LogP contribution in [0.3, 0.4) is 0 Å². The number of hydrogen-bond acceptors (Lipinski definition) is 2. The lowest BCUT2D eigenvalue weighted by Gasteiger charge is -2.14. The Morgan fingerprint density at radius 1 is 1.42 bits per heavy atom. The molecular formula is C13H15F3O3. The Bertz CT molecular complexity index is 429. The zero-order valence-electron chi connectivity index (χ0n) is 10.4. The largest absolute Gasteiger partial charge is 0.522 e. The average molecular weight is 276 g/mol. The molecule has 0 fully saturated rings. The molecule has 1 aromatic rings. The maximum absolute atomic E-state index is 11.8. The summed E-state index contributed by atoms with van der Waals surface area (Å²) in [5, 5.41) is 9.00. The van der Waals surface area contributed by atoms with E-state index in [4.69, 9.17) is 5.11 Å². The van der Waals surface area contributed by atoms with Gasteiger partial charge in [0.2, 0.25) is 0 Å². The van der Waals surface area contributed by atoms with Crippen LogP contribution in [0.5, 0.6) is 0 Å². The van der Waals surface area contributed by atoms with Crippen LogP contribution in [0, 0.1) is 12.8 Å². The minimum atomic E-state index is -4.72. The third-order valence-electron chi connectivity index (χ3n) is 2.65. The molecule has 1 rings (SSSR count). The van der Waals surface area contributed by atoms with E-state index in [2.05, 4.69) is 4.74 Å². The van der Waals surface area contributed by atoms with E-state index < -0.39 is 24.9 Å². The maximum atomic E-state index is 11.8. The molecule has 0 spiro atoms. The van der Waals surface area contributed by atoms with E-state index in [1.807, 2.05) is 19.1 Å². The standard InChI is InChI=1S/C13H15F3O3/c1-9-3-2-4-10(7-9)8-11(12(17)18)5-6-19-13(14,15)16/h2-4,7,11H,5-6,8H2,1H3,(H,17,18). The van der Waals surface area contributed by atoms with Crippen molar-refractivity contribution in [3.63, 3.8) is 0 Å². The average Bonchev–Trinajstić information content (AvgIpc) is 2.26. The van der Waals surface area contributed by atoms with Crippen LogP contribution in [0.1, 0.15) is 17.5 Å². The SMILES string of the molecule is Cc1cccc(CC(CCOC(F)(F)F)C(=O)O)c1. The molecule has 1 aromatic carbocycles. The van der Waals surface area contributed by atoms with Crippen LogP contribution in [0.2, 0.25) is 0 Å². The van der Waals surface area contributed by atoms with Gasteiger partial charge < -0.3 is 5.11 Å². The number of ether oxygens (including phenoxy) is 1. The van der Waals surface area contributed by atoms with Gasteiger partial charge in [0.15, 0.2) is 0 Å². The monoisotopic (exact) mass is 276 g/mol. The summed E-state index contributed by atoms with van der Waals surface area (Å²) in [5.41, 5.74) is 1.77. The summed E-state index contributed by atoms with van der Waals surface area (Å²) in [7, 11) is 0. The molecular weight excluding hydrogens is 261 g/mol. The van der Waals surface area contributed by atoms with E-state index in [0.29, 0.717) is 0 Å². The summed E-state index contributed by atoms with van der Waals surface area (Å²) in [6, 6.07) is 7.23. The van der Waals surface area contributed by atoms with Crippen LogP contribution in [-0.4, -0.2) is 24.0 Å². The smallest absolute Gasteiger partial charge is 0.481 e. The Hall–Kier alpha value is -1.56. The molecule has 0 aliphatic heterocycles. The zero-order chi connectivity index (χ0) is 14.5. The van der Waals surface area contributed by atoms with Crippen molar-refractivity contribution in [2.45, 2.75) is 26.1 Å². The number of hydrogen-bond donors (Lipinski definition) is 1. The first-order valence-electron chi connectivity index (χ1n) is 5.77. The molecule has 0 heterocycles. The van der Waals surface area contributed by atoms with Crippen molar-refractivity contribution in [1.82, 2.24) is 0 Å². The number of aliphatic carboxylic acids is 1. The number of carboxylic acid groups (broad SMARTS) is 1. The van der Waals surface area contributed by atoms with Crippen molar-refractivity contribution in [3.8, 4) is 0 Å². The van der Waals surface area contributed by atoms with Crippen molar-refractivity contribution in [2.75, 3.05) is 6.61 Å². The van der Waals surface area contributed by atoms with Gasteiger partial charge in [-0.2, -0.15) is 0 Å². The minimum absolute atomic E-state index is 0.178. The number of carboxylic acids is 1. The van der Waals surface area contributed by atoms with Crippen molar-refractivity contribution in [3.05, 3.63) is 35.4 Å². The molecule has 1 unspecified atom stereocenters. The number of aryl methyl sites for hydroxylation is 1. The first-order valence-corrected chi connectivity index (χ1v) is 5.77. The predicted molar refractivity (Wildman–Crippen MR) is 62.6 cm³/mol. The molecule has 19 heavy (non-hydrogen) atoms.